The smallest absolute Gasteiger partial charge is 0.242 e. The van der Waals surface area contributed by atoms with Gasteiger partial charge in [0.05, 0.1) is 30.3 Å². The first-order valence-electron chi connectivity index (χ1n) is 17.5. The summed E-state index contributed by atoms with van der Waals surface area (Å²) in [6.07, 6.45) is 1.91. The number of methoxy groups -OCH3 is 1. The van der Waals surface area contributed by atoms with Gasteiger partial charge in [-0.2, -0.15) is 4.72 Å². The van der Waals surface area contributed by atoms with Crippen molar-refractivity contribution in [2.75, 3.05) is 32.1 Å². The molecule has 0 aromatic heterocycles. The number of aryl methyl sites for hydroxylation is 1. The summed E-state index contributed by atoms with van der Waals surface area (Å²) >= 11 is 0. The third-order valence-corrected chi connectivity index (χ3v) is 11.1. The fraction of sp³-hybridized carbons (Fsp3) is 0.375. The molecule has 2 fully saturated rings. The zero-order valence-electron chi connectivity index (χ0n) is 29.1. The molecule has 0 radical (unpaired) electrons. The van der Waals surface area contributed by atoms with Gasteiger partial charge in [0.1, 0.15) is 6.04 Å². The number of hydrogen-bond acceptors (Lipinski definition) is 8. The average molecular weight is 714 g/mol. The molecule has 0 saturated carbocycles. The number of nitrogens with zero attached hydrogens (tertiary/aromatic N) is 1. The van der Waals surface area contributed by atoms with E-state index in [1.165, 1.54) is 12.1 Å². The fourth-order valence-corrected chi connectivity index (χ4v) is 8.01. The Balaban J connectivity index is 1.22. The van der Waals surface area contributed by atoms with Crippen LogP contribution < -0.4 is 10.0 Å². The lowest BCUT2D eigenvalue weighted by Gasteiger charge is -2.39. The predicted molar refractivity (Wildman–Crippen MR) is 195 cm³/mol. The van der Waals surface area contributed by atoms with Gasteiger partial charge in [-0.25, -0.2) is 8.42 Å². The van der Waals surface area contributed by atoms with Crippen LogP contribution in [0.4, 0.5) is 5.69 Å². The molecule has 2 saturated heterocycles. The van der Waals surface area contributed by atoms with Crippen molar-refractivity contribution in [1.82, 2.24) is 9.62 Å². The van der Waals surface area contributed by atoms with E-state index in [0.29, 0.717) is 24.8 Å². The number of carbonyl (C=O) groups is 1. The first-order valence-corrected chi connectivity index (χ1v) is 19.0. The minimum atomic E-state index is -4.00. The van der Waals surface area contributed by atoms with Crippen molar-refractivity contribution in [2.24, 2.45) is 0 Å². The summed E-state index contributed by atoms with van der Waals surface area (Å²) in [5.74, 6) is -0.491. The normalized spacial score (nSPS) is 21.7. The van der Waals surface area contributed by atoms with E-state index >= 15 is 0 Å². The first-order chi connectivity index (χ1) is 24.7. The van der Waals surface area contributed by atoms with E-state index in [9.17, 15) is 18.3 Å². The van der Waals surface area contributed by atoms with Crippen LogP contribution in [0.3, 0.4) is 0 Å². The molecule has 5 atom stereocenters. The quantitative estimate of drug-likeness (QED) is 0.153. The number of rotatable bonds is 14. The second kappa shape index (κ2) is 17.1. The van der Waals surface area contributed by atoms with Gasteiger partial charge in [-0.05, 0) is 73.7 Å². The maximum absolute atomic E-state index is 13.9. The summed E-state index contributed by atoms with van der Waals surface area (Å²) in [7, 11) is -2.26. The minimum absolute atomic E-state index is 0.0336. The lowest BCUT2D eigenvalue weighted by Crippen LogP contribution is -2.45. The van der Waals surface area contributed by atoms with Crippen molar-refractivity contribution in [3.63, 3.8) is 0 Å². The van der Waals surface area contributed by atoms with E-state index in [-0.39, 0.29) is 30.1 Å². The monoisotopic (exact) mass is 713 g/mol. The third-order valence-electron chi connectivity index (χ3n) is 9.57. The van der Waals surface area contributed by atoms with Crippen LogP contribution in [0.5, 0.6) is 0 Å². The molecule has 2 heterocycles. The van der Waals surface area contributed by atoms with Gasteiger partial charge in [-0.15, -0.1) is 0 Å². The number of anilines is 1. The highest BCUT2D eigenvalue weighted by Crippen LogP contribution is 2.39. The Kier molecular flexibility index (Phi) is 12.3. The molecule has 0 spiro atoms. The first kappa shape index (κ1) is 36.8. The number of aliphatic hydroxyl groups excluding tert-OH is 1. The number of amides is 1. The molecule has 51 heavy (non-hydrogen) atoms. The van der Waals surface area contributed by atoms with Crippen LogP contribution in [0.1, 0.15) is 59.5 Å². The highest BCUT2D eigenvalue weighted by Gasteiger charge is 2.36. The molecule has 1 amide bonds. The van der Waals surface area contributed by atoms with Gasteiger partial charge in [0.25, 0.3) is 0 Å². The summed E-state index contributed by atoms with van der Waals surface area (Å²) in [5.41, 5.74) is 4.79. The van der Waals surface area contributed by atoms with E-state index in [1.54, 1.807) is 25.3 Å². The van der Waals surface area contributed by atoms with Crippen molar-refractivity contribution in [3.05, 3.63) is 131 Å². The zero-order valence-corrected chi connectivity index (χ0v) is 29.9. The van der Waals surface area contributed by atoms with Crippen molar-refractivity contribution in [3.8, 4) is 0 Å². The second-order valence-corrected chi connectivity index (χ2v) is 15.1. The summed E-state index contributed by atoms with van der Waals surface area (Å²) in [4.78, 5) is 16.4. The molecule has 0 aliphatic carbocycles. The van der Waals surface area contributed by atoms with Gasteiger partial charge in [0.15, 0.2) is 6.29 Å². The zero-order chi connectivity index (χ0) is 35.8. The van der Waals surface area contributed by atoms with Gasteiger partial charge in [-0.1, -0.05) is 84.4 Å². The third kappa shape index (κ3) is 9.69. The standard InChI is InChI=1S/C40H47N3O7S/c1-28-13-19-36(20-14-28)51(46,47)42-37(22-29-8-4-3-5-9-29)39(45)41-33-11-6-10-32(23-33)40-49-35(25-43-21-7-12-34(43)27-48-2)24-38(50-40)31-17-15-30(26-44)16-18-31/h3-6,8-11,13-20,23,34-35,37-38,40,42,44H,7,12,21-22,24-27H2,1-2H3,(H,41,45). The molecule has 11 heteroatoms. The van der Waals surface area contributed by atoms with Crippen LogP contribution in [0.2, 0.25) is 0 Å². The van der Waals surface area contributed by atoms with Crippen LogP contribution in [0.15, 0.2) is 108 Å². The second-order valence-electron chi connectivity index (χ2n) is 13.4. The maximum atomic E-state index is 13.9. The van der Waals surface area contributed by atoms with Crippen molar-refractivity contribution in [2.45, 2.75) is 74.7 Å². The van der Waals surface area contributed by atoms with Gasteiger partial charge < -0.3 is 24.6 Å². The number of carbonyl (C=O) groups excluding carboxylic acids is 1. The van der Waals surface area contributed by atoms with Crippen LogP contribution in [0, 0.1) is 6.92 Å². The van der Waals surface area contributed by atoms with Gasteiger partial charge in [0.2, 0.25) is 15.9 Å². The van der Waals surface area contributed by atoms with Crippen LogP contribution in [-0.2, 0) is 42.1 Å². The lowest BCUT2D eigenvalue weighted by molar-refractivity contribution is -0.253. The summed E-state index contributed by atoms with van der Waals surface area (Å²) in [6.45, 7) is 4.24. The van der Waals surface area contributed by atoms with Crippen molar-refractivity contribution < 1.29 is 32.5 Å². The molecule has 10 nitrogen and oxygen atoms in total. The summed E-state index contributed by atoms with van der Waals surface area (Å²) in [6, 6.07) is 30.2. The summed E-state index contributed by atoms with van der Waals surface area (Å²) < 4.78 is 48.2. The van der Waals surface area contributed by atoms with E-state index in [4.69, 9.17) is 14.2 Å². The number of sulfonamides is 1. The highest BCUT2D eigenvalue weighted by atomic mass is 32.2. The van der Waals surface area contributed by atoms with Crippen molar-refractivity contribution in [1.29, 1.82) is 0 Å². The average Bonchev–Trinajstić information content (AvgIpc) is 3.58. The van der Waals surface area contributed by atoms with Crippen LogP contribution in [0.25, 0.3) is 0 Å². The van der Waals surface area contributed by atoms with Crippen molar-refractivity contribution >= 4 is 21.6 Å². The fourth-order valence-electron chi connectivity index (χ4n) is 6.81. The largest absolute Gasteiger partial charge is 0.392 e. The van der Waals surface area contributed by atoms with E-state index in [2.05, 4.69) is 14.9 Å². The van der Waals surface area contributed by atoms with E-state index in [0.717, 1.165) is 53.7 Å². The molecule has 2 aliphatic heterocycles. The van der Waals surface area contributed by atoms with Crippen LogP contribution >= 0.6 is 0 Å². The molecule has 4 aromatic rings. The molecular weight excluding hydrogens is 667 g/mol. The minimum Gasteiger partial charge on any atom is -0.392 e. The molecule has 2 aliphatic rings. The number of nitrogens with one attached hydrogen (secondary N) is 2. The Morgan fingerprint density at radius 3 is 2.43 bits per heavy atom. The number of hydrogen-bond donors (Lipinski definition) is 3. The number of ether oxygens (including phenoxy) is 3. The Bertz CT molecular complexity index is 1840. The highest BCUT2D eigenvalue weighted by molar-refractivity contribution is 7.89. The molecule has 270 valence electrons. The predicted octanol–water partition coefficient (Wildman–Crippen LogP) is 5.67. The van der Waals surface area contributed by atoms with E-state index < -0.39 is 28.3 Å². The molecule has 3 N–H and O–H groups in total. The number of likely N-dealkylation sites (tertiary alicyclic amines) is 1. The Labute approximate surface area is 300 Å². The molecular formula is C40H47N3O7S. The van der Waals surface area contributed by atoms with Crippen LogP contribution in [-0.4, -0.2) is 69.3 Å². The van der Waals surface area contributed by atoms with E-state index in [1.807, 2.05) is 79.7 Å². The summed E-state index contributed by atoms with van der Waals surface area (Å²) in [5, 5.41) is 12.5. The van der Waals surface area contributed by atoms with Gasteiger partial charge >= 0.3 is 0 Å². The lowest BCUT2D eigenvalue weighted by atomic mass is 9.99. The number of aliphatic hydroxyl groups is 1. The van der Waals surface area contributed by atoms with Gasteiger partial charge in [-0.3, -0.25) is 9.69 Å². The SMILES string of the molecule is COCC1CCCN1CC1CC(c2ccc(CO)cc2)OC(c2cccc(NC(=O)C(Cc3ccccc3)NS(=O)(=O)c3ccc(C)cc3)c2)O1. The number of benzene rings is 4. The Morgan fingerprint density at radius 2 is 1.71 bits per heavy atom. The Hall–Kier alpha value is -3.94. The van der Waals surface area contributed by atoms with Gasteiger partial charge in [0, 0.05) is 37.4 Å². The Morgan fingerprint density at radius 1 is 0.941 bits per heavy atom. The molecule has 4 aromatic carbocycles. The molecule has 5 unspecified atom stereocenters. The maximum Gasteiger partial charge on any atom is 0.242 e. The molecule has 0 bridgehead atoms. The topological polar surface area (TPSA) is 126 Å². The molecule has 6 rings (SSSR count).